The van der Waals surface area contributed by atoms with E-state index in [2.05, 4.69) is 23.9 Å². The molecule has 1 saturated carbocycles. The number of nitroso groups, excluding NO2 is 1. The maximum Gasteiger partial charge on any atom is 0.118 e. The van der Waals surface area contributed by atoms with Crippen molar-refractivity contribution in [2.75, 3.05) is 13.1 Å². The summed E-state index contributed by atoms with van der Waals surface area (Å²) in [6, 6.07) is 0.0554. The lowest BCUT2D eigenvalue weighted by atomic mass is 9.88. The van der Waals surface area contributed by atoms with Crippen LogP contribution in [-0.4, -0.2) is 41.3 Å². The van der Waals surface area contributed by atoms with E-state index < -0.39 is 6.10 Å². The zero-order chi connectivity index (χ0) is 10.6. The van der Waals surface area contributed by atoms with Gasteiger partial charge in [0.05, 0.1) is 6.10 Å². The Kier molecular flexibility index (Phi) is 4.48. The van der Waals surface area contributed by atoms with Gasteiger partial charge in [0, 0.05) is 6.04 Å². The minimum atomic E-state index is -0.535. The average Bonchev–Trinajstić information content (AvgIpc) is 2.20. The summed E-state index contributed by atoms with van der Waals surface area (Å²) in [5.74, 6) is 0. The molecule has 3 atom stereocenters. The van der Waals surface area contributed by atoms with E-state index >= 15 is 0 Å². The second kappa shape index (κ2) is 5.41. The summed E-state index contributed by atoms with van der Waals surface area (Å²) >= 11 is 0. The molecule has 1 fully saturated rings. The smallest absolute Gasteiger partial charge is 0.118 e. The van der Waals surface area contributed by atoms with Crippen LogP contribution < -0.4 is 0 Å². The van der Waals surface area contributed by atoms with Gasteiger partial charge in [-0.25, -0.2) is 0 Å². The summed E-state index contributed by atoms with van der Waals surface area (Å²) in [6.45, 7) is 6.26. The highest BCUT2D eigenvalue weighted by Gasteiger charge is 2.31. The zero-order valence-electron chi connectivity index (χ0n) is 9.02. The predicted molar refractivity (Wildman–Crippen MR) is 56.1 cm³/mol. The van der Waals surface area contributed by atoms with Crippen molar-refractivity contribution < 1.29 is 5.11 Å². The summed E-state index contributed by atoms with van der Waals surface area (Å²) < 4.78 is 0. The first-order valence-electron chi connectivity index (χ1n) is 5.47. The van der Waals surface area contributed by atoms with Gasteiger partial charge >= 0.3 is 0 Å². The van der Waals surface area contributed by atoms with Crippen LogP contribution in [0.1, 0.15) is 33.1 Å². The fourth-order valence-corrected chi connectivity index (χ4v) is 2.30. The Hall–Kier alpha value is -0.480. The fourth-order valence-electron chi connectivity index (χ4n) is 2.30. The van der Waals surface area contributed by atoms with E-state index in [9.17, 15) is 10.0 Å². The third-order valence-electron chi connectivity index (χ3n) is 3.22. The van der Waals surface area contributed by atoms with Crippen LogP contribution in [0.3, 0.4) is 0 Å². The SMILES string of the molecule is CCN(CC)C1CCC(N=O)C(O)C1. The Morgan fingerprint density at radius 1 is 1.36 bits per heavy atom. The largest absolute Gasteiger partial charge is 0.391 e. The normalized spacial score (nSPS) is 33.3. The number of aliphatic hydroxyl groups excluding tert-OH is 1. The minimum Gasteiger partial charge on any atom is -0.391 e. The van der Waals surface area contributed by atoms with Crippen LogP contribution in [0.25, 0.3) is 0 Å². The van der Waals surface area contributed by atoms with E-state index in [-0.39, 0.29) is 6.04 Å². The highest BCUT2D eigenvalue weighted by atomic mass is 16.3. The van der Waals surface area contributed by atoms with Gasteiger partial charge in [-0.15, -0.1) is 0 Å². The molecular formula is C10H20N2O2. The number of hydrogen-bond donors (Lipinski definition) is 1. The lowest BCUT2D eigenvalue weighted by molar-refractivity contribution is 0.0515. The lowest BCUT2D eigenvalue weighted by Crippen LogP contribution is -2.44. The highest BCUT2D eigenvalue weighted by Crippen LogP contribution is 2.25. The molecule has 1 rings (SSSR count). The molecule has 0 saturated heterocycles. The Bertz CT molecular complexity index is 183. The maximum absolute atomic E-state index is 10.4. The van der Waals surface area contributed by atoms with E-state index in [0.29, 0.717) is 12.5 Å². The van der Waals surface area contributed by atoms with Gasteiger partial charge in [0.1, 0.15) is 6.04 Å². The van der Waals surface area contributed by atoms with Crippen LogP contribution >= 0.6 is 0 Å². The Balaban J connectivity index is 2.48. The molecule has 1 aliphatic rings. The molecule has 0 aromatic carbocycles. The van der Waals surface area contributed by atoms with Gasteiger partial charge in [-0.3, -0.25) is 0 Å². The Morgan fingerprint density at radius 3 is 2.43 bits per heavy atom. The molecule has 0 radical (unpaired) electrons. The van der Waals surface area contributed by atoms with Gasteiger partial charge < -0.3 is 10.0 Å². The molecule has 0 amide bonds. The molecule has 4 nitrogen and oxygen atoms in total. The minimum absolute atomic E-state index is 0.373. The molecule has 4 heteroatoms. The topological polar surface area (TPSA) is 52.9 Å². The molecular weight excluding hydrogens is 180 g/mol. The van der Waals surface area contributed by atoms with Crippen LogP contribution in [0.5, 0.6) is 0 Å². The predicted octanol–water partition coefficient (Wildman–Crippen LogP) is 1.38. The number of hydrogen-bond acceptors (Lipinski definition) is 4. The van der Waals surface area contributed by atoms with Gasteiger partial charge in [-0.05, 0) is 32.4 Å². The monoisotopic (exact) mass is 200 g/mol. The summed E-state index contributed by atoms with van der Waals surface area (Å²) in [4.78, 5) is 12.7. The molecule has 0 aromatic rings. The van der Waals surface area contributed by atoms with Crippen molar-refractivity contribution in [2.45, 2.75) is 51.3 Å². The lowest BCUT2D eigenvalue weighted by Gasteiger charge is -2.36. The zero-order valence-corrected chi connectivity index (χ0v) is 9.02. The van der Waals surface area contributed by atoms with Crippen LogP contribution in [0, 0.1) is 4.91 Å². The van der Waals surface area contributed by atoms with Crippen molar-refractivity contribution in [3.05, 3.63) is 4.91 Å². The molecule has 0 bridgehead atoms. The molecule has 1 N–H and O–H groups in total. The van der Waals surface area contributed by atoms with Crippen molar-refractivity contribution in [2.24, 2.45) is 5.18 Å². The molecule has 82 valence electrons. The fraction of sp³-hybridized carbons (Fsp3) is 1.00. The van der Waals surface area contributed by atoms with Crippen LogP contribution in [-0.2, 0) is 0 Å². The van der Waals surface area contributed by atoms with Crippen molar-refractivity contribution in [1.29, 1.82) is 0 Å². The van der Waals surface area contributed by atoms with E-state index in [1.165, 1.54) is 0 Å². The third-order valence-corrected chi connectivity index (χ3v) is 3.22. The molecule has 14 heavy (non-hydrogen) atoms. The maximum atomic E-state index is 10.4. The number of nitrogens with zero attached hydrogens (tertiary/aromatic N) is 2. The van der Waals surface area contributed by atoms with Crippen LogP contribution in [0.4, 0.5) is 0 Å². The first-order valence-corrected chi connectivity index (χ1v) is 5.47. The van der Waals surface area contributed by atoms with E-state index in [1.807, 2.05) is 0 Å². The molecule has 1 aliphatic carbocycles. The van der Waals surface area contributed by atoms with E-state index in [1.54, 1.807) is 0 Å². The molecule has 0 aliphatic heterocycles. The average molecular weight is 200 g/mol. The third kappa shape index (κ3) is 2.51. The van der Waals surface area contributed by atoms with E-state index in [0.717, 1.165) is 25.9 Å². The summed E-state index contributed by atoms with van der Waals surface area (Å²) in [6.07, 6.45) is 1.87. The molecule has 0 heterocycles. The highest BCUT2D eigenvalue weighted by molar-refractivity contribution is 4.88. The van der Waals surface area contributed by atoms with Crippen molar-refractivity contribution in [3.63, 3.8) is 0 Å². The van der Waals surface area contributed by atoms with Gasteiger partial charge in [0.2, 0.25) is 0 Å². The quantitative estimate of drug-likeness (QED) is 0.697. The van der Waals surface area contributed by atoms with Gasteiger partial charge in [-0.1, -0.05) is 19.0 Å². The van der Waals surface area contributed by atoms with Crippen molar-refractivity contribution in [3.8, 4) is 0 Å². The standard InChI is InChI=1S/C10H20N2O2/c1-3-12(4-2)8-5-6-9(11-14)10(13)7-8/h8-10,13H,3-7H2,1-2H3. The van der Waals surface area contributed by atoms with Gasteiger partial charge in [0.25, 0.3) is 0 Å². The first-order chi connectivity index (χ1) is 6.72. The van der Waals surface area contributed by atoms with Gasteiger partial charge in [-0.2, -0.15) is 4.91 Å². The van der Waals surface area contributed by atoms with Crippen LogP contribution in [0.2, 0.25) is 0 Å². The van der Waals surface area contributed by atoms with Gasteiger partial charge in [0.15, 0.2) is 0 Å². The summed E-state index contributed by atoms with van der Waals surface area (Å²) in [7, 11) is 0. The number of aliphatic hydroxyl groups is 1. The first kappa shape index (κ1) is 11.6. The molecule has 0 aromatic heterocycles. The molecule has 3 unspecified atom stereocenters. The van der Waals surface area contributed by atoms with Crippen molar-refractivity contribution in [1.82, 2.24) is 4.90 Å². The second-order valence-corrected chi connectivity index (χ2v) is 3.93. The van der Waals surface area contributed by atoms with E-state index in [4.69, 9.17) is 0 Å². The number of rotatable bonds is 4. The Morgan fingerprint density at radius 2 is 2.00 bits per heavy atom. The Labute approximate surface area is 85.3 Å². The second-order valence-electron chi connectivity index (χ2n) is 3.93. The summed E-state index contributed by atoms with van der Waals surface area (Å²) in [5.41, 5.74) is 0. The van der Waals surface area contributed by atoms with Crippen molar-refractivity contribution >= 4 is 0 Å². The summed E-state index contributed by atoms with van der Waals surface area (Å²) in [5, 5.41) is 12.6. The van der Waals surface area contributed by atoms with Crippen LogP contribution in [0.15, 0.2) is 5.18 Å². The molecule has 0 spiro atoms.